The van der Waals surface area contributed by atoms with Crippen LogP contribution in [0, 0.1) is 0 Å². The summed E-state index contributed by atoms with van der Waals surface area (Å²) in [4.78, 5) is 10.1. The van der Waals surface area contributed by atoms with Gasteiger partial charge in [0.1, 0.15) is 5.76 Å². The van der Waals surface area contributed by atoms with Gasteiger partial charge < -0.3 is 20.0 Å². The lowest BCUT2D eigenvalue weighted by Gasteiger charge is -2.33. The number of thiophene rings is 1. The van der Waals surface area contributed by atoms with Crippen molar-refractivity contribution in [2.45, 2.75) is 51.1 Å². The standard InChI is InChI=1S/C23H35N5OS/c1-2-27-13-3-6-20(27)18-25-23(24-12-9-21-7-4-16-29-21)26-19-10-14-28(15-11-19)22-8-5-17-30-22/h4-5,7-8,16-17,19-20H,2-3,6,9-15,18H2,1H3,(H2,24,25,26). The van der Waals surface area contributed by atoms with Crippen molar-refractivity contribution in [3.05, 3.63) is 41.7 Å². The number of nitrogens with zero attached hydrogens (tertiary/aromatic N) is 3. The van der Waals surface area contributed by atoms with E-state index >= 15 is 0 Å². The molecule has 2 aliphatic rings. The van der Waals surface area contributed by atoms with Gasteiger partial charge in [0.25, 0.3) is 0 Å². The number of furan rings is 1. The fourth-order valence-corrected chi connectivity index (χ4v) is 5.30. The SMILES string of the molecule is CCN1CCCC1CN=C(NCCc1ccco1)NC1CCN(c2cccs2)CC1. The number of hydrogen-bond donors (Lipinski definition) is 2. The first-order chi connectivity index (χ1) is 14.8. The topological polar surface area (TPSA) is 56.0 Å². The van der Waals surface area contributed by atoms with Crippen molar-refractivity contribution in [1.29, 1.82) is 0 Å². The number of rotatable bonds is 8. The summed E-state index contributed by atoms with van der Waals surface area (Å²) in [7, 11) is 0. The highest BCUT2D eigenvalue weighted by molar-refractivity contribution is 7.14. The summed E-state index contributed by atoms with van der Waals surface area (Å²) in [5, 5.41) is 10.8. The molecule has 2 aromatic rings. The Kier molecular flexibility index (Phi) is 7.70. The molecule has 2 saturated heterocycles. The number of piperidine rings is 1. The van der Waals surface area contributed by atoms with Crippen LogP contribution < -0.4 is 15.5 Å². The maximum atomic E-state index is 5.47. The Morgan fingerprint density at radius 2 is 2.10 bits per heavy atom. The second-order valence-corrected chi connectivity index (χ2v) is 9.15. The Labute approximate surface area is 184 Å². The Hall–Kier alpha value is -1.99. The van der Waals surface area contributed by atoms with E-state index in [-0.39, 0.29) is 0 Å². The fourth-order valence-electron chi connectivity index (χ4n) is 4.51. The first-order valence-electron chi connectivity index (χ1n) is 11.4. The second kappa shape index (κ2) is 10.9. The molecule has 2 fully saturated rings. The quantitative estimate of drug-likeness (QED) is 0.496. The van der Waals surface area contributed by atoms with Crippen molar-refractivity contribution >= 4 is 22.3 Å². The van der Waals surface area contributed by atoms with Crippen LogP contribution in [-0.4, -0.2) is 62.2 Å². The molecule has 0 bridgehead atoms. The Morgan fingerprint density at radius 3 is 2.83 bits per heavy atom. The Balaban J connectivity index is 1.31. The molecular weight excluding hydrogens is 394 g/mol. The maximum absolute atomic E-state index is 5.47. The van der Waals surface area contributed by atoms with Crippen LogP contribution in [0.1, 0.15) is 38.4 Å². The summed E-state index contributed by atoms with van der Waals surface area (Å²) in [6, 6.07) is 9.40. The van der Waals surface area contributed by atoms with Gasteiger partial charge in [-0.3, -0.25) is 9.89 Å². The molecule has 0 spiro atoms. The third kappa shape index (κ3) is 5.79. The van der Waals surface area contributed by atoms with Crippen LogP contribution in [0.4, 0.5) is 5.00 Å². The minimum absolute atomic E-state index is 0.474. The summed E-state index contributed by atoms with van der Waals surface area (Å²) in [6.07, 6.45) is 7.45. The molecule has 0 aromatic carbocycles. The van der Waals surface area contributed by atoms with Gasteiger partial charge in [0, 0.05) is 38.1 Å². The first-order valence-corrected chi connectivity index (χ1v) is 12.3. The number of likely N-dealkylation sites (tertiary alicyclic amines) is 1. The van der Waals surface area contributed by atoms with Crippen LogP contribution in [-0.2, 0) is 6.42 Å². The summed E-state index contributed by atoms with van der Waals surface area (Å²) in [5.74, 6) is 1.97. The molecule has 164 valence electrons. The average molecular weight is 430 g/mol. The third-order valence-electron chi connectivity index (χ3n) is 6.26. The average Bonchev–Trinajstić information content (AvgIpc) is 3.55. The number of anilines is 1. The molecular formula is C23H35N5OS. The monoisotopic (exact) mass is 429 g/mol. The maximum Gasteiger partial charge on any atom is 0.191 e. The van der Waals surface area contributed by atoms with Crippen LogP contribution >= 0.6 is 11.3 Å². The van der Waals surface area contributed by atoms with Crippen LogP contribution in [0.15, 0.2) is 45.3 Å². The largest absolute Gasteiger partial charge is 0.469 e. The van der Waals surface area contributed by atoms with E-state index in [0.29, 0.717) is 12.1 Å². The van der Waals surface area contributed by atoms with Crippen LogP contribution in [0.25, 0.3) is 0 Å². The minimum atomic E-state index is 0.474. The lowest BCUT2D eigenvalue weighted by atomic mass is 10.1. The summed E-state index contributed by atoms with van der Waals surface area (Å²) >= 11 is 1.83. The van der Waals surface area contributed by atoms with E-state index in [2.05, 4.69) is 44.9 Å². The van der Waals surface area contributed by atoms with Gasteiger partial charge in [0.05, 0.1) is 17.8 Å². The molecule has 2 N–H and O–H groups in total. The van der Waals surface area contributed by atoms with Crippen molar-refractivity contribution in [2.24, 2.45) is 4.99 Å². The molecule has 1 unspecified atom stereocenters. The highest BCUT2D eigenvalue weighted by Gasteiger charge is 2.24. The number of likely N-dealkylation sites (N-methyl/N-ethyl adjacent to an activating group) is 1. The molecule has 0 aliphatic carbocycles. The molecule has 4 heterocycles. The van der Waals surface area contributed by atoms with Crippen LogP contribution in [0.2, 0.25) is 0 Å². The lowest BCUT2D eigenvalue weighted by Crippen LogP contribution is -2.49. The predicted octanol–water partition coefficient (Wildman–Crippen LogP) is 3.57. The number of guanidine groups is 1. The second-order valence-electron chi connectivity index (χ2n) is 8.23. The van der Waals surface area contributed by atoms with E-state index in [9.17, 15) is 0 Å². The molecule has 7 heteroatoms. The van der Waals surface area contributed by atoms with Crippen LogP contribution in [0.5, 0.6) is 0 Å². The van der Waals surface area contributed by atoms with E-state index in [0.717, 1.165) is 63.7 Å². The highest BCUT2D eigenvalue weighted by atomic mass is 32.1. The van der Waals surface area contributed by atoms with Crippen molar-refractivity contribution in [2.75, 3.05) is 44.2 Å². The summed E-state index contributed by atoms with van der Waals surface area (Å²) in [5.41, 5.74) is 0. The zero-order valence-electron chi connectivity index (χ0n) is 18.1. The molecule has 1 atom stereocenters. The molecule has 0 saturated carbocycles. The summed E-state index contributed by atoms with van der Waals surface area (Å²) < 4.78 is 5.47. The van der Waals surface area contributed by atoms with Gasteiger partial charge in [-0.15, -0.1) is 11.3 Å². The third-order valence-corrected chi connectivity index (χ3v) is 7.19. The van der Waals surface area contributed by atoms with Crippen LogP contribution in [0.3, 0.4) is 0 Å². The zero-order valence-corrected chi connectivity index (χ0v) is 18.9. The van der Waals surface area contributed by atoms with Crippen molar-refractivity contribution in [3.8, 4) is 0 Å². The zero-order chi connectivity index (χ0) is 20.6. The van der Waals surface area contributed by atoms with Crippen molar-refractivity contribution in [1.82, 2.24) is 15.5 Å². The predicted molar refractivity (Wildman–Crippen MR) is 126 cm³/mol. The molecule has 6 nitrogen and oxygen atoms in total. The van der Waals surface area contributed by atoms with E-state index in [4.69, 9.17) is 9.41 Å². The number of hydrogen-bond acceptors (Lipinski definition) is 5. The fraction of sp³-hybridized carbons (Fsp3) is 0.609. The molecule has 4 rings (SSSR count). The molecule has 0 amide bonds. The van der Waals surface area contributed by atoms with Gasteiger partial charge in [0.15, 0.2) is 5.96 Å². The summed E-state index contributed by atoms with van der Waals surface area (Å²) in [6.45, 7) is 8.49. The van der Waals surface area contributed by atoms with Gasteiger partial charge in [-0.25, -0.2) is 0 Å². The minimum Gasteiger partial charge on any atom is -0.469 e. The molecule has 30 heavy (non-hydrogen) atoms. The molecule has 0 radical (unpaired) electrons. The van der Waals surface area contributed by atoms with Gasteiger partial charge in [-0.05, 0) is 68.4 Å². The molecule has 2 aromatic heterocycles. The van der Waals surface area contributed by atoms with Crippen molar-refractivity contribution < 1.29 is 4.42 Å². The van der Waals surface area contributed by atoms with E-state index in [1.54, 1.807) is 6.26 Å². The highest BCUT2D eigenvalue weighted by Crippen LogP contribution is 2.24. The number of aliphatic imine (C=N–C) groups is 1. The number of nitrogens with one attached hydrogen (secondary N) is 2. The van der Waals surface area contributed by atoms with Gasteiger partial charge in [-0.2, -0.15) is 0 Å². The van der Waals surface area contributed by atoms with Gasteiger partial charge in [-0.1, -0.05) is 6.92 Å². The van der Waals surface area contributed by atoms with Crippen molar-refractivity contribution in [3.63, 3.8) is 0 Å². The first kappa shape index (κ1) is 21.2. The van der Waals surface area contributed by atoms with E-state index < -0.39 is 0 Å². The van der Waals surface area contributed by atoms with Gasteiger partial charge >= 0.3 is 0 Å². The Morgan fingerprint density at radius 1 is 1.20 bits per heavy atom. The van der Waals surface area contributed by atoms with Gasteiger partial charge in [0.2, 0.25) is 0 Å². The normalized spacial score (nSPS) is 21.3. The van der Waals surface area contributed by atoms with E-state index in [1.807, 2.05) is 23.5 Å². The smallest absolute Gasteiger partial charge is 0.191 e. The lowest BCUT2D eigenvalue weighted by molar-refractivity contribution is 0.273. The molecule has 2 aliphatic heterocycles. The van der Waals surface area contributed by atoms with E-state index in [1.165, 1.54) is 24.4 Å². The Bertz CT molecular complexity index is 753.